The summed E-state index contributed by atoms with van der Waals surface area (Å²) in [6, 6.07) is 13.4. The summed E-state index contributed by atoms with van der Waals surface area (Å²) in [6.45, 7) is 3.08. The molecule has 0 aliphatic carbocycles. The Morgan fingerprint density at radius 1 is 1.00 bits per heavy atom. The average molecular weight is 390 g/mol. The number of benzene rings is 2. The molecule has 2 aromatic carbocycles. The second-order valence-corrected chi connectivity index (χ2v) is 7.27. The maximum atomic E-state index is 12.4. The fourth-order valence-corrected chi connectivity index (χ4v) is 2.50. The zero-order valence-electron chi connectivity index (χ0n) is 16.1. The fraction of sp³-hybridized carbons (Fsp3) is 0.333. The molecule has 0 spiro atoms. The molecule has 0 unspecified atom stereocenters. The van der Waals surface area contributed by atoms with E-state index in [0.29, 0.717) is 11.1 Å². The SMILES string of the molecule is CC(C)(C)c1ccc(C(=O)NCC(=O)NCc2ccccc2OC(F)F)cc1. The summed E-state index contributed by atoms with van der Waals surface area (Å²) in [5.74, 6) is -0.802. The van der Waals surface area contributed by atoms with E-state index in [1.807, 2.05) is 12.1 Å². The van der Waals surface area contributed by atoms with Crippen LogP contribution in [0.25, 0.3) is 0 Å². The van der Waals surface area contributed by atoms with Crippen LogP contribution in [0.4, 0.5) is 8.78 Å². The zero-order chi connectivity index (χ0) is 20.7. The second kappa shape index (κ2) is 9.30. The van der Waals surface area contributed by atoms with E-state index in [9.17, 15) is 18.4 Å². The first-order valence-electron chi connectivity index (χ1n) is 8.85. The number of hydrogen-bond acceptors (Lipinski definition) is 3. The number of carbonyl (C=O) groups excluding carboxylic acids is 2. The molecule has 0 aromatic heterocycles. The maximum Gasteiger partial charge on any atom is 0.387 e. The largest absolute Gasteiger partial charge is 0.434 e. The van der Waals surface area contributed by atoms with Gasteiger partial charge in [0.1, 0.15) is 5.75 Å². The van der Waals surface area contributed by atoms with Crippen LogP contribution in [0.2, 0.25) is 0 Å². The molecule has 28 heavy (non-hydrogen) atoms. The van der Waals surface area contributed by atoms with Crippen molar-refractivity contribution in [2.45, 2.75) is 39.3 Å². The minimum absolute atomic E-state index is 0.000716. The second-order valence-electron chi connectivity index (χ2n) is 7.27. The van der Waals surface area contributed by atoms with Crippen molar-refractivity contribution < 1.29 is 23.1 Å². The van der Waals surface area contributed by atoms with Crippen LogP contribution in [0.5, 0.6) is 5.75 Å². The molecule has 2 amide bonds. The third-order valence-corrected chi connectivity index (χ3v) is 4.09. The molecule has 0 aliphatic rings. The van der Waals surface area contributed by atoms with Crippen LogP contribution < -0.4 is 15.4 Å². The van der Waals surface area contributed by atoms with E-state index < -0.39 is 12.5 Å². The van der Waals surface area contributed by atoms with E-state index in [0.717, 1.165) is 5.56 Å². The first-order chi connectivity index (χ1) is 13.2. The first-order valence-corrected chi connectivity index (χ1v) is 8.85. The molecule has 2 aromatic rings. The Kier molecular flexibility index (Phi) is 7.09. The zero-order valence-corrected chi connectivity index (χ0v) is 16.1. The van der Waals surface area contributed by atoms with Gasteiger partial charge < -0.3 is 15.4 Å². The highest BCUT2D eigenvalue weighted by Gasteiger charge is 2.15. The van der Waals surface area contributed by atoms with Gasteiger partial charge in [0.05, 0.1) is 6.54 Å². The average Bonchev–Trinajstić information content (AvgIpc) is 2.64. The number of amides is 2. The highest BCUT2D eigenvalue weighted by Crippen LogP contribution is 2.22. The van der Waals surface area contributed by atoms with Crippen molar-refractivity contribution in [3.05, 3.63) is 65.2 Å². The predicted molar refractivity (Wildman–Crippen MR) is 102 cm³/mol. The Morgan fingerprint density at radius 3 is 2.25 bits per heavy atom. The number of para-hydroxylation sites is 1. The molecule has 2 rings (SSSR count). The number of nitrogens with one attached hydrogen (secondary N) is 2. The van der Waals surface area contributed by atoms with Gasteiger partial charge in [-0.25, -0.2) is 0 Å². The molecule has 150 valence electrons. The van der Waals surface area contributed by atoms with E-state index in [-0.39, 0.29) is 30.2 Å². The Bertz CT molecular complexity index is 815. The van der Waals surface area contributed by atoms with Crippen LogP contribution in [0.15, 0.2) is 48.5 Å². The van der Waals surface area contributed by atoms with Crippen molar-refractivity contribution in [1.29, 1.82) is 0 Å². The number of ether oxygens (including phenoxy) is 1. The lowest BCUT2D eigenvalue weighted by atomic mass is 9.87. The van der Waals surface area contributed by atoms with Crippen LogP contribution in [-0.2, 0) is 16.8 Å². The van der Waals surface area contributed by atoms with Gasteiger partial charge in [0, 0.05) is 17.7 Å². The molecule has 0 saturated heterocycles. The summed E-state index contributed by atoms with van der Waals surface area (Å²) in [6.07, 6.45) is 0. The smallest absolute Gasteiger partial charge is 0.387 e. The van der Waals surface area contributed by atoms with Gasteiger partial charge in [0.15, 0.2) is 0 Å². The summed E-state index contributed by atoms with van der Waals surface area (Å²) in [7, 11) is 0. The van der Waals surface area contributed by atoms with Gasteiger partial charge >= 0.3 is 6.61 Å². The summed E-state index contributed by atoms with van der Waals surface area (Å²) in [5.41, 5.74) is 1.96. The van der Waals surface area contributed by atoms with E-state index in [1.165, 1.54) is 6.07 Å². The van der Waals surface area contributed by atoms with E-state index in [4.69, 9.17) is 0 Å². The lowest BCUT2D eigenvalue weighted by molar-refractivity contribution is -0.120. The number of carbonyl (C=O) groups is 2. The lowest BCUT2D eigenvalue weighted by Crippen LogP contribution is -2.36. The monoisotopic (exact) mass is 390 g/mol. The molecule has 0 bridgehead atoms. The molecule has 0 aliphatic heterocycles. The molecule has 7 heteroatoms. The minimum Gasteiger partial charge on any atom is -0.434 e. The van der Waals surface area contributed by atoms with Gasteiger partial charge in [-0.1, -0.05) is 51.1 Å². The van der Waals surface area contributed by atoms with Gasteiger partial charge in [-0.15, -0.1) is 0 Å². The number of alkyl halides is 2. The molecule has 5 nitrogen and oxygen atoms in total. The quantitative estimate of drug-likeness (QED) is 0.759. The first kappa shape index (κ1) is 21.3. The summed E-state index contributed by atoms with van der Waals surface area (Å²) in [5, 5.41) is 5.11. The van der Waals surface area contributed by atoms with Gasteiger partial charge in [-0.2, -0.15) is 8.78 Å². The summed E-state index contributed by atoms with van der Waals surface area (Å²) >= 11 is 0. The molecule has 0 heterocycles. The molecule has 0 fully saturated rings. The maximum absolute atomic E-state index is 12.4. The fourth-order valence-electron chi connectivity index (χ4n) is 2.50. The van der Waals surface area contributed by atoms with E-state index >= 15 is 0 Å². The van der Waals surface area contributed by atoms with Crippen molar-refractivity contribution >= 4 is 11.8 Å². The summed E-state index contributed by atoms with van der Waals surface area (Å²) < 4.78 is 29.2. The molecular weight excluding hydrogens is 366 g/mol. The van der Waals surface area contributed by atoms with E-state index in [2.05, 4.69) is 36.1 Å². The molecule has 2 N–H and O–H groups in total. The Morgan fingerprint density at radius 2 is 1.64 bits per heavy atom. The highest BCUT2D eigenvalue weighted by atomic mass is 19.3. The summed E-state index contributed by atoms with van der Waals surface area (Å²) in [4.78, 5) is 24.1. The minimum atomic E-state index is -2.94. The van der Waals surface area contributed by atoms with Gasteiger partial charge in [0.2, 0.25) is 5.91 Å². The topological polar surface area (TPSA) is 67.4 Å². The molecule has 0 saturated carbocycles. The van der Waals surface area contributed by atoms with Crippen LogP contribution >= 0.6 is 0 Å². The number of halogens is 2. The van der Waals surface area contributed by atoms with Crippen LogP contribution in [0.1, 0.15) is 42.3 Å². The van der Waals surface area contributed by atoms with Crippen LogP contribution in [0, 0.1) is 0 Å². The predicted octanol–water partition coefficient (Wildman–Crippen LogP) is 3.63. The lowest BCUT2D eigenvalue weighted by Gasteiger charge is -2.19. The van der Waals surface area contributed by atoms with Crippen molar-refractivity contribution in [1.82, 2.24) is 10.6 Å². The van der Waals surface area contributed by atoms with E-state index in [1.54, 1.807) is 30.3 Å². The highest BCUT2D eigenvalue weighted by molar-refractivity contribution is 5.96. The molecule has 0 atom stereocenters. The van der Waals surface area contributed by atoms with Gasteiger partial charge in [-0.3, -0.25) is 9.59 Å². The molecule has 0 radical (unpaired) electrons. The third-order valence-electron chi connectivity index (χ3n) is 4.09. The standard InChI is InChI=1S/C21H24F2N2O3/c1-21(2,3)16-10-8-14(9-11-16)19(27)25-13-18(26)24-12-15-6-4-5-7-17(15)28-20(22)23/h4-11,20H,12-13H2,1-3H3,(H,24,26)(H,25,27). The number of hydrogen-bond donors (Lipinski definition) is 2. The van der Waals surface area contributed by atoms with Crippen LogP contribution in [0.3, 0.4) is 0 Å². The third kappa shape index (κ3) is 6.33. The van der Waals surface area contributed by atoms with Crippen LogP contribution in [-0.4, -0.2) is 25.0 Å². The Hall–Kier alpha value is -2.96. The van der Waals surface area contributed by atoms with Gasteiger partial charge in [-0.05, 0) is 29.2 Å². The van der Waals surface area contributed by atoms with Gasteiger partial charge in [0.25, 0.3) is 5.91 Å². The normalized spacial score (nSPS) is 11.2. The van der Waals surface area contributed by atoms with Crippen molar-refractivity contribution in [2.24, 2.45) is 0 Å². The van der Waals surface area contributed by atoms with Crippen molar-refractivity contribution in [3.63, 3.8) is 0 Å². The Labute approximate surface area is 163 Å². The van der Waals surface area contributed by atoms with Crippen molar-refractivity contribution in [2.75, 3.05) is 6.54 Å². The number of rotatable bonds is 7. The molecular formula is C21H24F2N2O3. The van der Waals surface area contributed by atoms with Crippen molar-refractivity contribution in [3.8, 4) is 5.75 Å². The Balaban J connectivity index is 1.85.